The summed E-state index contributed by atoms with van der Waals surface area (Å²) in [5.41, 5.74) is 3.84. The van der Waals surface area contributed by atoms with Gasteiger partial charge in [-0.25, -0.2) is 9.37 Å². The van der Waals surface area contributed by atoms with E-state index in [-0.39, 0.29) is 5.82 Å². The van der Waals surface area contributed by atoms with Crippen LogP contribution >= 0.6 is 0 Å². The van der Waals surface area contributed by atoms with E-state index in [9.17, 15) is 4.39 Å². The topological polar surface area (TPSA) is 47.7 Å². The molecule has 120 valence electrons. The Bertz CT molecular complexity index is 1030. The van der Waals surface area contributed by atoms with Crippen LogP contribution in [-0.2, 0) is 14.1 Å². The molecule has 1 N–H and O–H groups in total. The zero-order chi connectivity index (χ0) is 16.7. The summed E-state index contributed by atoms with van der Waals surface area (Å²) in [5.74, 6) is 0.394. The van der Waals surface area contributed by atoms with Crippen LogP contribution in [0.5, 0.6) is 0 Å². The van der Waals surface area contributed by atoms with Gasteiger partial charge in [-0.2, -0.15) is 5.10 Å². The molecule has 0 saturated heterocycles. The van der Waals surface area contributed by atoms with Crippen molar-refractivity contribution in [3.8, 4) is 11.3 Å². The highest BCUT2D eigenvalue weighted by Gasteiger charge is 2.10. The largest absolute Gasteiger partial charge is 0.343 e. The molecule has 0 fully saturated rings. The zero-order valence-corrected chi connectivity index (χ0v) is 13.4. The Hall–Kier alpha value is -3.15. The first-order valence-electron chi connectivity index (χ1n) is 7.57. The number of aromatic nitrogens is 4. The maximum absolute atomic E-state index is 13.3. The van der Waals surface area contributed by atoms with Gasteiger partial charge in [-0.05, 0) is 24.3 Å². The monoisotopic (exact) mass is 321 g/mol. The van der Waals surface area contributed by atoms with E-state index in [1.54, 1.807) is 16.8 Å². The van der Waals surface area contributed by atoms with Crippen molar-refractivity contribution >= 4 is 22.4 Å². The van der Waals surface area contributed by atoms with Gasteiger partial charge in [-0.3, -0.25) is 4.68 Å². The Balaban J connectivity index is 1.74. The Labute approximate surface area is 138 Å². The average molecular weight is 321 g/mol. The number of nitrogens with zero attached hydrogens (tertiary/aromatic N) is 4. The van der Waals surface area contributed by atoms with E-state index in [1.165, 1.54) is 12.1 Å². The molecule has 5 nitrogen and oxygen atoms in total. The second-order valence-electron chi connectivity index (χ2n) is 5.75. The van der Waals surface area contributed by atoms with E-state index in [1.807, 2.05) is 38.8 Å². The van der Waals surface area contributed by atoms with Gasteiger partial charge in [0, 0.05) is 49.2 Å². The second-order valence-corrected chi connectivity index (χ2v) is 5.75. The number of aryl methyl sites for hydroxylation is 2. The van der Waals surface area contributed by atoms with E-state index in [0.717, 1.165) is 22.2 Å². The lowest BCUT2D eigenvalue weighted by Crippen LogP contribution is -1.95. The quantitative estimate of drug-likeness (QED) is 0.623. The summed E-state index contributed by atoms with van der Waals surface area (Å²) in [6, 6.07) is 10.4. The number of hydrogen-bond donors (Lipinski definition) is 1. The van der Waals surface area contributed by atoms with Crippen LogP contribution < -0.4 is 5.32 Å². The summed E-state index contributed by atoms with van der Waals surface area (Å²) in [6.07, 6.45) is 5.64. The Morgan fingerprint density at radius 3 is 2.71 bits per heavy atom. The fourth-order valence-electron chi connectivity index (χ4n) is 2.84. The van der Waals surface area contributed by atoms with Crippen molar-refractivity contribution in [2.75, 3.05) is 5.32 Å². The molecule has 0 unspecified atom stereocenters. The van der Waals surface area contributed by atoms with Crippen molar-refractivity contribution in [3.63, 3.8) is 0 Å². The van der Waals surface area contributed by atoms with Gasteiger partial charge in [0.1, 0.15) is 11.6 Å². The lowest BCUT2D eigenvalue weighted by atomic mass is 10.2. The lowest BCUT2D eigenvalue weighted by Gasteiger charge is -2.07. The fraction of sp³-hybridized carbons (Fsp3) is 0.111. The molecular formula is C18H16FN5. The van der Waals surface area contributed by atoms with Crippen LogP contribution in [0, 0.1) is 5.82 Å². The maximum Gasteiger partial charge on any atom is 0.132 e. The van der Waals surface area contributed by atoms with Gasteiger partial charge in [0.25, 0.3) is 0 Å². The molecule has 4 aromatic rings. The molecule has 0 aliphatic carbocycles. The summed E-state index contributed by atoms with van der Waals surface area (Å²) in [4.78, 5) is 4.42. The van der Waals surface area contributed by atoms with Crippen LogP contribution in [0.1, 0.15) is 0 Å². The van der Waals surface area contributed by atoms with Gasteiger partial charge >= 0.3 is 0 Å². The van der Waals surface area contributed by atoms with Crippen molar-refractivity contribution in [1.82, 2.24) is 19.3 Å². The van der Waals surface area contributed by atoms with E-state index in [4.69, 9.17) is 0 Å². The number of halogens is 1. The van der Waals surface area contributed by atoms with Crippen LogP contribution in [0.4, 0.5) is 15.9 Å². The molecule has 3 heterocycles. The molecule has 0 bridgehead atoms. The normalized spacial score (nSPS) is 11.1. The minimum absolute atomic E-state index is 0.279. The molecule has 0 aliphatic heterocycles. The molecule has 6 heteroatoms. The summed E-state index contributed by atoms with van der Waals surface area (Å²) >= 11 is 0. The van der Waals surface area contributed by atoms with Crippen LogP contribution in [0.15, 0.2) is 55.0 Å². The van der Waals surface area contributed by atoms with Gasteiger partial charge in [-0.15, -0.1) is 0 Å². The highest BCUT2D eigenvalue weighted by Crippen LogP contribution is 2.28. The first-order chi connectivity index (χ1) is 11.6. The Morgan fingerprint density at radius 1 is 1.08 bits per heavy atom. The first-order valence-corrected chi connectivity index (χ1v) is 7.57. The van der Waals surface area contributed by atoms with Crippen molar-refractivity contribution in [2.45, 2.75) is 0 Å². The number of pyridine rings is 1. The molecule has 4 rings (SSSR count). The van der Waals surface area contributed by atoms with Crippen molar-refractivity contribution < 1.29 is 4.39 Å². The van der Waals surface area contributed by atoms with Gasteiger partial charge in [0.15, 0.2) is 0 Å². The minimum atomic E-state index is -0.279. The number of fused-ring (bicyclic) bond motifs is 1. The molecule has 3 aromatic heterocycles. The van der Waals surface area contributed by atoms with E-state index >= 15 is 0 Å². The van der Waals surface area contributed by atoms with Crippen LogP contribution in [-0.4, -0.2) is 19.3 Å². The zero-order valence-electron chi connectivity index (χ0n) is 13.4. The third-order valence-electron chi connectivity index (χ3n) is 4.02. The molecule has 1 aromatic carbocycles. The fourth-order valence-corrected chi connectivity index (χ4v) is 2.84. The number of rotatable bonds is 3. The third-order valence-corrected chi connectivity index (χ3v) is 4.02. The lowest BCUT2D eigenvalue weighted by molar-refractivity contribution is 0.628. The standard InChI is InChI=1S/C18H16FN5/c1-23-11-13(10-21-23)16-6-12-9-20-18(8-17(12)24(16)2)22-15-5-3-4-14(19)7-15/h3-11H,1-2H3,(H,20,22). The van der Waals surface area contributed by atoms with Crippen molar-refractivity contribution in [3.05, 3.63) is 60.8 Å². The molecule has 0 radical (unpaired) electrons. The van der Waals surface area contributed by atoms with Gasteiger partial charge < -0.3 is 9.88 Å². The third kappa shape index (κ3) is 2.52. The number of anilines is 2. The van der Waals surface area contributed by atoms with Crippen molar-refractivity contribution in [1.29, 1.82) is 0 Å². The molecule has 0 amide bonds. The number of hydrogen-bond acceptors (Lipinski definition) is 3. The smallest absolute Gasteiger partial charge is 0.132 e. The van der Waals surface area contributed by atoms with E-state index < -0.39 is 0 Å². The minimum Gasteiger partial charge on any atom is -0.343 e. The van der Waals surface area contributed by atoms with Crippen molar-refractivity contribution in [2.24, 2.45) is 14.1 Å². The summed E-state index contributed by atoms with van der Waals surface area (Å²) in [5, 5.41) is 8.40. The van der Waals surface area contributed by atoms with E-state index in [0.29, 0.717) is 11.5 Å². The summed E-state index contributed by atoms with van der Waals surface area (Å²) < 4.78 is 17.2. The Morgan fingerprint density at radius 2 is 1.96 bits per heavy atom. The molecule has 0 aliphatic rings. The maximum atomic E-state index is 13.3. The molecule has 24 heavy (non-hydrogen) atoms. The van der Waals surface area contributed by atoms with Crippen LogP contribution in [0.3, 0.4) is 0 Å². The Kier molecular flexibility index (Phi) is 3.30. The molecular weight excluding hydrogens is 305 g/mol. The average Bonchev–Trinajstić information content (AvgIpc) is 3.12. The summed E-state index contributed by atoms with van der Waals surface area (Å²) in [7, 11) is 3.91. The van der Waals surface area contributed by atoms with Crippen LogP contribution in [0.25, 0.3) is 22.2 Å². The van der Waals surface area contributed by atoms with Gasteiger partial charge in [-0.1, -0.05) is 6.07 Å². The molecule has 0 saturated carbocycles. The highest BCUT2D eigenvalue weighted by atomic mass is 19.1. The molecule has 0 spiro atoms. The number of benzene rings is 1. The number of nitrogens with one attached hydrogen (secondary N) is 1. The SMILES string of the molecule is Cn1cc(-c2cc3cnc(Nc4cccc(F)c4)cc3n2C)cn1. The highest BCUT2D eigenvalue weighted by molar-refractivity contribution is 5.88. The van der Waals surface area contributed by atoms with Gasteiger partial charge in [0.05, 0.1) is 17.4 Å². The second kappa shape index (κ2) is 5.49. The predicted octanol–water partition coefficient (Wildman–Crippen LogP) is 3.86. The molecule has 0 atom stereocenters. The first kappa shape index (κ1) is 14.4. The van der Waals surface area contributed by atoms with E-state index in [2.05, 4.69) is 26.0 Å². The predicted molar refractivity (Wildman–Crippen MR) is 92.6 cm³/mol. The summed E-state index contributed by atoms with van der Waals surface area (Å²) in [6.45, 7) is 0. The van der Waals surface area contributed by atoms with Gasteiger partial charge in [0.2, 0.25) is 0 Å². The van der Waals surface area contributed by atoms with Crippen LogP contribution in [0.2, 0.25) is 0 Å².